The SMILES string of the molecule is C[C@H]1CC(C(=O)OCc2ccccc2)N(C(=O)C(N)CCS(C)(=O)=O)C1. The molecule has 1 aromatic rings. The van der Waals surface area contributed by atoms with Crippen molar-refractivity contribution in [3.63, 3.8) is 0 Å². The number of likely N-dealkylation sites (tertiary alicyclic amines) is 1. The standard InChI is InChI=1S/C18H26N2O5S/c1-13-10-16(18(22)25-12-14-6-4-3-5-7-14)20(11-13)17(21)15(19)8-9-26(2,23)24/h3-7,13,15-16H,8-12,19H2,1-2H3/t13-,15?,16?/m0/s1. The molecule has 1 fully saturated rings. The molecule has 0 saturated carbocycles. The van der Waals surface area contributed by atoms with Crippen LogP contribution in [0.15, 0.2) is 30.3 Å². The molecular formula is C18H26N2O5S. The second kappa shape index (κ2) is 8.64. The van der Waals surface area contributed by atoms with Crippen LogP contribution in [0.4, 0.5) is 0 Å². The second-order valence-corrected chi connectivity index (χ2v) is 9.23. The fourth-order valence-corrected chi connectivity index (χ4v) is 3.70. The van der Waals surface area contributed by atoms with Crippen LogP contribution in [0.5, 0.6) is 0 Å². The predicted octanol–water partition coefficient (Wildman–Crippen LogP) is 0.729. The number of rotatable bonds is 7. The third-order valence-corrected chi connectivity index (χ3v) is 5.38. The van der Waals surface area contributed by atoms with Crippen LogP contribution in [0.2, 0.25) is 0 Å². The molecule has 2 unspecified atom stereocenters. The fraction of sp³-hybridized carbons (Fsp3) is 0.556. The van der Waals surface area contributed by atoms with Crippen LogP contribution in [-0.4, -0.2) is 55.8 Å². The molecule has 1 aliphatic heterocycles. The number of nitrogens with two attached hydrogens (primary N) is 1. The van der Waals surface area contributed by atoms with E-state index in [1.165, 1.54) is 4.90 Å². The maximum Gasteiger partial charge on any atom is 0.329 e. The molecule has 26 heavy (non-hydrogen) atoms. The van der Waals surface area contributed by atoms with Gasteiger partial charge in [-0.15, -0.1) is 0 Å². The number of hydrogen-bond donors (Lipinski definition) is 1. The molecule has 8 heteroatoms. The van der Waals surface area contributed by atoms with Gasteiger partial charge >= 0.3 is 5.97 Å². The monoisotopic (exact) mass is 382 g/mol. The number of sulfone groups is 1. The summed E-state index contributed by atoms with van der Waals surface area (Å²) in [5.74, 6) is -0.872. The zero-order chi connectivity index (χ0) is 19.3. The van der Waals surface area contributed by atoms with Gasteiger partial charge in [-0.2, -0.15) is 0 Å². The molecule has 3 atom stereocenters. The highest BCUT2D eigenvalue weighted by Crippen LogP contribution is 2.25. The Hall–Kier alpha value is -1.93. The highest BCUT2D eigenvalue weighted by molar-refractivity contribution is 7.90. The normalized spacial score (nSPS) is 21.4. The van der Waals surface area contributed by atoms with Crippen molar-refractivity contribution in [3.05, 3.63) is 35.9 Å². The zero-order valence-corrected chi connectivity index (χ0v) is 15.9. The summed E-state index contributed by atoms with van der Waals surface area (Å²) >= 11 is 0. The van der Waals surface area contributed by atoms with Gasteiger partial charge in [0.05, 0.1) is 11.8 Å². The summed E-state index contributed by atoms with van der Waals surface area (Å²) in [5, 5.41) is 0. The number of carbonyl (C=O) groups excluding carboxylic acids is 2. The van der Waals surface area contributed by atoms with Crippen LogP contribution < -0.4 is 5.73 Å². The molecule has 0 radical (unpaired) electrons. The minimum absolute atomic E-state index is 0.0360. The molecule has 2 rings (SSSR count). The largest absolute Gasteiger partial charge is 0.459 e. The van der Waals surface area contributed by atoms with E-state index < -0.39 is 33.8 Å². The summed E-state index contributed by atoms with van der Waals surface area (Å²) in [7, 11) is -3.20. The van der Waals surface area contributed by atoms with Crippen LogP contribution in [0, 0.1) is 5.92 Å². The lowest BCUT2D eigenvalue weighted by Crippen LogP contribution is -2.49. The number of hydrogen-bond acceptors (Lipinski definition) is 6. The van der Waals surface area contributed by atoms with Crippen molar-refractivity contribution in [1.29, 1.82) is 0 Å². The van der Waals surface area contributed by atoms with E-state index in [-0.39, 0.29) is 24.7 Å². The fourth-order valence-electron chi connectivity index (χ4n) is 3.02. The minimum Gasteiger partial charge on any atom is -0.459 e. The molecule has 1 heterocycles. The lowest BCUT2D eigenvalue weighted by atomic mass is 10.1. The number of ether oxygens (including phenoxy) is 1. The van der Waals surface area contributed by atoms with Gasteiger partial charge in [0.15, 0.2) is 0 Å². The molecule has 1 amide bonds. The Kier molecular flexibility index (Phi) is 6.77. The topological polar surface area (TPSA) is 107 Å². The van der Waals surface area contributed by atoms with Crippen LogP contribution in [0.25, 0.3) is 0 Å². The maximum atomic E-state index is 12.6. The average Bonchev–Trinajstić information content (AvgIpc) is 2.99. The number of carbonyl (C=O) groups is 2. The molecular weight excluding hydrogens is 356 g/mol. The molecule has 0 aromatic heterocycles. The van der Waals surface area contributed by atoms with E-state index in [0.29, 0.717) is 13.0 Å². The Morgan fingerprint density at radius 3 is 2.58 bits per heavy atom. The maximum absolute atomic E-state index is 12.6. The molecule has 0 spiro atoms. The molecule has 0 aliphatic carbocycles. The lowest BCUT2D eigenvalue weighted by Gasteiger charge is -2.26. The van der Waals surface area contributed by atoms with Gasteiger partial charge in [-0.3, -0.25) is 4.79 Å². The van der Waals surface area contributed by atoms with Crippen molar-refractivity contribution in [1.82, 2.24) is 4.90 Å². The summed E-state index contributed by atoms with van der Waals surface area (Å²) in [6, 6.07) is 7.69. The van der Waals surface area contributed by atoms with Gasteiger partial charge in [0, 0.05) is 12.8 Å². The molecule has 1 saturated heterocycles. The van der Waals surface area contributed by atoms with Crippen LogP contribution in [0.1, 0.15) is 25.3 Å². The summed E-state index contributed by atoms with van der Waals surface area (Å²) < 4.78 is 27.9. The minimum atomic E-state index is -3.20. The van der Waals surface area contributed by atoms with E-state index in [2.05, 4.69) is 0 Å². The van der Waals surface area contributed by atoms with Crippen molar-refractivity contribution >= 4 is 21.7 Å². The highest BCUT2D eigenvalue weighted by atomic mass is 32.2. The van der Waals surface area contributed by atoms with Gasteiger partial charge in [0.25, 0.3) is 0 Å². The first kappa shape index (κ1) is 20.4. The van der Waals surface area contributed by atoms with E-state index >= 15 is 0 Å². The first-order valence-corrected chi connectivity index (χ1v) is 10.7. The Morgan fingerprint density at radius 2 is 1.96 bits per heavy atom. The van der Waals surface area contributed by atoms with Gasteiger partial charge in [-0.05, 0) is 24.3 Å². The Balaban J connectivity index is 1.97. The quantitative estimate of drug-likeness (QED) is 0.697. The van der Waals surface area contributed by atoms with Gasteiger partial charge in [-0.25, -0.2) is 13.2 Å². The van der Waals surface area contributed by atoms with Crippen molar-refractivity contribution in [2.24, 2.45) is 11.7 Å². The van der Waals surface area contributed by atoms with Gasteiger partial charge in [0.1, 0.15) is 22.5 Å². The molecule has 7 nitrogen and oxygen atoms in total. The first-order chi connectivity index (χ1) is 12.2. The Labute approximate surface area is 154 Å². The molecule has 1 aliphatic rings. The zero-order valence-electron chi connectivity index (χ0n) is 15.1. The summed E-state index contributed by atoms with van der Waals surface area (Å²) in [5.41, 5.74) is 6.74. The lowest BCUT2D eigenvalue weighted by molar-refractivity contribution is -0.154. The van der Waals surface area contributed by atoms with Crippen LogP contribution >= 0.6 is 0 Å². The van der Waals surface area contributed by atoms with Crippen molar-refractivity contribution < 1.29 is 22.7 Å². The summed E-state index contributed by atoms with van der Waals surface area (Å²) in [6.07, 6.45) is 1.65. The van der Waals surface area contributed by atoms with Crippen molar-refractivity contribution in [2.75, 3.05) is 18.6 Å². The predicted molar refractivity (Wildman–Crippen MR) is 97.8 cm³/mol. The molecule has 0 bridgehead atoms. The van der Waals surface area contributed by atoms with Crippen molar-refractivity contribution in [3.8, 4) is 0 Å². The molecule has 2 N–H and O–H groups in total. The van der Waals surface area contributed by atoms with Gasteiger partial charge < -0.3 is 15.4 Å². The first-order valence-electron chi connectivity index (χ1n) is 8.61. The number of esters is 1. The van der Waals surface area contributed by atoms with Gasteiger partial charge in [0.2, 0.25) is 5.91 Å². The van der Waals surface area contributed by atoms with Gasteiger partial charge in [-0.1, -0.05) is 37.3 Å². The Morgan fingerprint density at radius 1 is 1.31 bits per heavy atom. The summed E-state index contributed by atoms with van der Waals surface area (Å²) in [6.45, 7) is 2.51. The number of amides is 1. The third kappa shape index (κ3) is 5.81. The molecule has 144 valence electrons. The van der Waals surface area contributed by atoms with Crippen LogP contribution in [0.3, 0.4) is 0 Å². The number of benzene rings is 1. The third-order valence-electron chi connectivity index (χ3n) is 4.41. The molecule has 1 aromatic carbocycles. The van der Waals surface area contributed by atoms with Crippen LogP contribution in [-0.2, 0) is 30.8 Å². The number of nitrogens with zero attached hydrogens (tertiary/aromatic N) is 1. The highest BCUT2D eigenvalue weighted by Gasteiger charge is 2.40. The smallest absolute Gasteiger partial charge is 0.329 e. The Bertz CT molecular complexity index is 735. The average molecular weight is 382 g/mol. The van der Waals surface area contributed by atoms with E-state index in [4.69, 9.17) is 10.5 Å². The van der Waals surface area contributed by atoms with E-state index in [1.54, 1.807) is 0 Å². The van der Waals surface area contributed by atoms with E-state index in [9.17, 15) is 18.0 Å². The second-order valence-electron chi connectivity index (χ2n) is 6.97. The van der Waals surface area contributed by atoms with E-state index in [0.717, 1.165) is 11.8 Å². The van der Waals surface area contributed by atoms with Crippen molar-refractivity contribution in [2.45, 2.75) is 38.5 Å². The summed E-state index contributed by atoms with van der Waals surface area (Å²) in [4.78, 5) is 26.5. The van der Waals surface area contributed by atoms with E-state index in [1.807, 2.05) is 37.3 Å².